The smallest absolute Gasteiger partial charge is 0.228 e. The summed E-state index contributed by atoms with van der Waals surface area (Å²) in [6.07, 6.45) is 4.44. The van der Waals surface area contributed by atoms with Gasteiger partial charge < -0.3 is 0 Å². The SMILES string of the molecule is O=S(=O)(C1CCCCC1)C1CN(S(=O)(=O)c2cccc3ccccc23)C1. The molecule has 0 spiro atoms. The van der Waals surface area contributed by atoms with E-state index in [1.54, 1.807) is 18.2 Å². The molecule has 1 aliphatic carbocycles. The predicted molar refractivity (Wildman–Crippen MR) is 102 cm³/mol. The van der Waals surface area contributed by atoms with Crippen molar-refractivity contribution in [2.24, 2.45) is 0 Å². The van der Waals surface area contributed by atoms with Crippen LogP contribution in [-0.2, 0) is 19.9 Å². The minimum absolute atomic E-state index is 0.0738. The molecule has 2 aromatic carbocycles. The molecule has 26 heavy (non-hydrogen) atoms. The zero-order valence-electron chi connectivity index (χ0n) is 14.5. The zero-order valence-corrected chi connectivity index (χ0v) is 16.2. The summed E-state index contributed by atoms with van der Waals surface area (Å²) in [4.78, 5) is 0.254. The number of fused-ring (bicyclic) bond motifs is 1. The minimum Gasteiger partial charge on any atom is -0.228 e. The molecule has 1 heterocycles. The van der Waals surface area contributed by atoms with E-state index in [0.717, 1.165) is 37.5 Å². The molecule has 1 saturated carbocycles. The van der Waals surface area contributed by atoms with Gasteiger partial charge in [-0.05, 0) is 24.3 Å². The van der Waals surface area contributed by atoms with E-state index in [4.69, 9.17) is 0 Å². The Labute approximate surface area is 155 Å². The van der Waals surface area contributed by atoms with Gasteiger partial charge in [0.05, 0.1) is 15.4 Å². The van der Waals surface area contributed by atoms with Gasteiger partial charge in [-0.3, -0.25) is 0 Å². The van der Waals surface area contributed by atoms with Gasteiger partial charge in [0.1, 0.15) is 0 Å². The normalized spacial score (nSPS) is 20.9. The van der Waals surface area contributed by atoms with Crippen LogP contribution < -0.4 is 0 Å². The first kappa shape index (κ1) is 17.9. The molecule has 2 fully saturated rings. The third kappa shape index (κ3) is 2.96. The lowest BCUT2D eigenvalue weighted by Crippen LogP contribution is -2.58. The predicted octanol–water partition coefficient (Wildman–Crippen LogP) is 2.96. The van der Waals surface area contributed by atoms with Gasteiger partial charge in [-0.1, -0.05) is 55.7 Å². The van der Waals surface area contributed by atoms with Gasteiger partial charge in [0, 0.05) is 18.5 Å². The van der Waals surface area contributed by atoms with Crippen LogP contribution in [-0.4, -0.2) is 44.7 Å². The Morgan fingerprint density at radius 1 is 0.769 bits per heavy atom. The second-order valence-corrected chi connectivity index (χ2v) is 11.7. The minimum atomic E-state index is -3.68. The van der Waals surface area contributed by atoms with E-state index in [-0.39, 0.29) is 23.2 Å². The molecule has 0 N–H and O–H groups in total. The molecule has 2 aromatic rings. The Hall–Kier alpha value is -1.44. The topological polar surface area (TPSA) is 71.5 Å². The van der Waals surface area contributed by atoms with Crippen LogP contribution in [0.5, 0.6) is 0 Å². The monoisotopic (exact) mass is 393 g/mol. The van der Waals surface area contributed by atoms with E-state index < -0.39 is 25.1 Å². The van der Waals surface area contributed by atoms with Crippen LogP contribution >= 0.6 is 0 Å². The second-order valence-electron chi connectivity index (χ2n) is 7.27. The highest BCUT2D eigenvalue weighted by atomic mass is 32.2. The summed E-state index contributed by atoms with van der Waals surface area (Å²) >= 11 is 0. The Kier molecular flexibility index (Phi) is 4.57. The van der Waals surface area contributed by atoms with Crippen LogP contribution in [0.15, 0.2) is 47.4 Å². The maximum absolute atomic E-state index is 13.0. The Bertz CT molecular complexity index is 1010. The third-order valence-electron chi connectivity index (χ3n) is 5.66. The van der Waals surface area contributed by atoms with Crippen molar-refractivity contribution in [3.63, 3.8) is 0 Å². The lowest BCUT2D eigenvalue weighted by Gasteiger charge is -2.40. The first-order chi connectivity index (χ1) is 12.4. The molecule has 140 valence electrons. The summed E-state index contributed by atoms with van der Waals surface area (Å²) in [7, 11) is -6.93. The second kappa shape index (κ2) is 6.62. The van der Waals surface area contributed by atoms with E-state index in [1.165, 1.54) is 4.31 Å². The standard InChI is InChI=1S/C19H23NO4S2/c21-25(22,16-9-2-1-3-10-16)17-13-20(14-17)26(23,24)19-12-6-8-15-7-4-5-11-18(15)19/h4-8,11-12,16-17H,1-3,9-10,13-14H2. The van der Waals surface area contributed by atoms with Crippen LogP contribution in [0, 0.1) is 0 Å². The van der Waals surface area contributed by atoms with Gasteiger partial charge in [0.15, 0.2) is 9.84 Å². The number of nitrogens with zero attached hydrogens (tertiary/aromatic N) is 1. The van der Waals surface area contributed by atoms with E-state index >= 15 is 0 Å². The van der Waals surface area contributed by atoms with Crippen LogP contribution in [0.4, 0.5) is 0 Å². The van der Waals surface area contributed by atoms with Crippen LogP contribution in [0.25, 0.3) is 10.8 Å². The Balaban J connectivity index is 1.56. The molecule has 7 heteroatoms. The molecule has 0 amide bonds. The Morgan fingerprint density at radius 2 is 1.42 bits per heavy atom. The van der Waals surface area contributed by atoms with Crippen molar-refractivity contribution >= 4 is 30.6 Å². The highest BCUT2D eigenvalue weighted by Crippen LogP contribution is 2.33. The van der Waals surface area contributed by atoms with Gasteiger partial charge in [0.2, 0.25) is 10.0 Å². The van der Waals surface area contributed by atoms with Crippen molar-refractivity contribution in [2.45, 2.75) is 47.5 Å². The van der Waals surface area contributed by atoms with Crippen LogP contribution in [0.2, 0.25) is 0 Å². The first-order valence-corrected chi connectivity index (χ1v) is 12.2. The summed E-state index contributed by atoms with van der Waals surface area (Å²) < 4.78 is 52.9. The van der Waals surface area contributed by atoms with E-state index in [0.29, 0.717) is 5.39 Å². The summed E-state index contributed by atoms with van der Waals surface area (Å²) in [6.45, 7) is 0.148. The quantitative estimate of drug-likeness (QED) is 0.801. The fourth-order valence-corrected chi connectivity index (χ4v) is 8.27. The molecule has 4 rings (SSSR count). The van der Waals surface area contributed by atoms with Gasteiger partial charge in [-0.25, -0.2) is 16.8 Å². The molecule has 0 atom stereocenters. The molecular weight excluding hydrogens is 370 g/mol. The molecule has 0 aromatic heterocycles. The average Bonchev–Trinajstić information content (AvgIpc) is 2.60. The van der Waals surface area contributed by atoms with Gasteiger partial charge >= 0.3 is 0 Å². The van der Waals surface area contributed by atoms with Crippen molar-refractivity contribution < 1.29 is 16.8 Å². The van der Waals surface area contributed by atoms with E-state index in [9.17, 15) is 16.8 Å². The summed E-state index contributed by atoms with van der Waals surface area (Å²) in [5.41, 5.74) is 0. The third-order valence-corrected chi connectivity index (χ3v) is 10.2. The fourth-order valence-electron chi connectivity index (χ4n) is 4.03. The first-order valence-electron chi connectivity index (χ1n) is 9.11. The van der Waals surface area contributed by atoms with Crippen molar-refractivity contribution in [3.05, 3.63) is 42.5 Å². The number of hydrogen-bond acceptors (Lipinski definition) is 4. The lowest BCUT2D eigenvalue weighted by atomic mass is 10.0. The maximum atomic E-state index is 13.0. The van der Waals surface area contributed by atoms with Crippen molar-refractivity contribution in [2.75, 3.05) is 13.1 Å². The molecule has 0 bridgehead atoms. The Morgan fingerprint density at radius 3 is 2.15 bits per heavy atom. The maximum Gasteiger partial charge on any atom is 0.243 e. The van der Waals surface area contributed by atoms with E-state index in [1.807, 2.05) is 24.3 Å². The van der Waals surface area contributed by atoms with E-state index in [2.05, 4.69) is 0 Å². The molecular formula is C19H23NO4S2. The summed E-state index contributed by atoms with van der Waals surface area (Å²) in [6, 6.07) is 12.6. The molecule has 5 nitrogen and oxygen atoms in total. The average molecular weight is 394 g/mol. The molecule has 0 radical (unpaired) electrons. The number of rotatable bonds is 4. The number of benzene rings is 2. The van der Waals surface area contributed by atoms with Crippen molar-refractivity contribution in [1.82, 2.24) is 4.31 Å². The molecule has 1 saturated heterocycles. The summed E-state index contributed by atoms with van der Waals surface area (Å²) in [5, 5.41) is 0.688. The number of sulfone groups is 1. The number of hydrogen-bond donors (Lipinski definition) is 0. The van der Waals surface area contributed by atoms with Crippen molar-refractivity contribution in [1.29, 1.82) is 0 Å². The lowest BCUT2D eigenvalue weighted by molar-refractivity contribution is 0.306. The number of sulfonamides is 1. The highest BCUT2D eigenvalue weighted by molar-refractivity contribution is 7.93. The van der Waals surface area contributed by atoms with Gasteiger partial charge in [-0.15, -0.1) is 0 Å². The fraction of sp³-hybridized carbons (Fsp3) is 0.474. The zero-order chi connectivity index (χ0) is 18.4. The molecule has 2 aliphatic rings. The molecule has 0 unspecified atom stereocenters. The highest BCUT2D eigenvalue weighted by Gasteiger charge is 2.46. The van der Waals surface area contributed by atoms with Gasteiger partial charge in [0.25, 0.3) is 0 Å². The molecule has 1 aliphatic heterocycles. The van der Waals surface area contributed by atoms with Crippen LogP contribution in [0.3, 0.4) is 0 Å². The summed E-state index contributed by atoms with van der Waals surface area (Å²) in [5.74, 6) is 0. The van der Waals surface area contributed by atoms with Crippen molar-refractivity contribution in [3.8, 4) is 0 Å². The largest absolute Gasteiger partial charge is 0.243 e. The van der Waals surface area contributed by atoms with Crippen LogP contribution in [0.1, 0.15) is 32.1 Å². The van der Waals surface area contributed by atoms with Gasteiger partial charge in [-0.2, -0.15) is 4.31 Å².